The fraction of sp³-hybridized carbons (Fsp3) is 0.688. The van der Waals surface area contributed by atoms with Gasteiger partial charge in [0.25, 0.3) is 0 Å². The van der Waals surface area contributed by atoms with E-state index >= 15 is 0 Å². The quantitative estimate of drug-likeness (QED) is 0.863. The molecule has 1 spiro atoms. The van der Waals surface area contributed by atoms with Crippen molar-refractivity contribution >= 4 is 11.9 Å². The number of aromatic nitrogens is 2. The molecule has 0 saturated carbocycles. The minimum Gasteiger partial charge on any atom is -0.375 e. The largest absolute Gasteiger partial charge is 0.375 e. The predicted octanol–water partition coefficient (Wildman–Crippen LogP) is 0.757. The summed E-state index contributed by atoms with van der Waals surface area (Å²) in [5.74, 6) is 0.671. The average Bonchev–Trinajstić information content (AvgIpc) is 2.98. The van der Waals surface area contributed by atoms with Gasteiger partial charge in [-0.15, -0.1) is 0 Å². The number of carbonyl (C=O) groups is 1. The van der Waals surface area contributed by atoms with Crippen LogP contribution in [0.3, 0.4) is 0 Å². The van der Waals surface area contributed by atoms with Gasteiger partial charge in [0.2, 0.25) is 11.9 Å². The van der Waals surface area contributed by atoms with E-state index < -0.39 is 0 Å². The SMILES string of the molecule is COCC(=O)NC[C@@H]1CCC[C@]2(CCN(c3ncccn3)C2)O1. The summed E-state index contributed by atoms with van der Waals surface area (Å²) in [6.45, 7) is 2.37. The van der Waals surface area contributed by atoms with Crippen LogP contribution in [-0.2, 0) is 14.3 Å². The lowest BCUT2D eigenvalue weighted by atomic mass is 9.90. The number of anilines is 1. The third-order valence-electron chi connectivity index (χ3n) is 4.53. The Bertz CT molecular complexity index is 527. The minimum absolute atomic E-state index is 0.0706. The highest BCUT2D eigenvalue weighted by Crippen LogP contribution is 2.37. The second kappa shape index (κ2) is 7.23. The van der Waals surface area contributed by atoms with Crippen LogP contribution in [0.1, 0.15) is 25.7 Å². The Morgan fingerprint density at radius 1 is 1.48 bits per heavy atom. The van der Waals surface area contributed by atoms with Gasteiger partial charge in [0.15, 0.2) is 0 Å². The molecule has 0 aliphatic carbocycles. The van der Waals surface area contributed by atoms with Crippen molar-refractivity contribution in [3.8, 4) is 0 Å². The number of hydrogen-bond donors (Lipinski definition) is 1. The molecular formula is C16H24N4O3. The molecule has 1 amide bonds. The number of hydrogen-bond acceptors (Lipinski definition) is 6. The van der Waals surface area contributed by atoms with Crippen LogP contribution in [0.2, 0.25) is 0 Å². The normalized spacial score (nSPS) is 27.3. The van der Waals surface area contributed by atoms with E-state index in [4.69, 9.17) is 9.47 Å². The predicted molar refractivity (Wildman–Crippen MR) is 85.2 cm³/mol. The lowest BCUT2D eigenvalue weighted by Gasteiger charge is -2.38. The highest BCUT2D eigenvalue weighted by Gasteiger charge is 2.43. The van der Waals surface area contributed by atoms with Gasteiger partial charge >= 0.3 is 0 Å². The van der Waals surface area contributed by atoms with Crippen LogP contribution in [0.25, 0.3) is 0 Å². The van der Waals surface area contributed by atoms with Crippen LogP contribution in [-0.4, -0.2) is 60.9 Å². The van der Waals surface area contributed by atoms with Crippen molar-refractivity contribution in [2.45, 2.75) is 37.4 Å². The summed E-state index contributed by atoms with van der Waals surface area (Å²) in [6.07, 6.45) is 7.74. The van der Waals surface area contributed by atoms with Gasteiger partial charge in [0.1, 0.15) is 6.61 Å². The third kappa shape index (κ3) is 3.97. The lowest BCUT2D eigenvalue weighted by Crippen LogP contribution is -2.47. The number of methoxy groups -OCH3 is 1. The van der Waals surface area contributed by atoms with Crippen LogP contribution < -0.4 is 10.2 Å². The summed E-state index contributed by atoms with van der Waals surface area (Å²) >= 11 is 0. The molecule has 2 atom stereocenters. The first kappa shape index (κ1) is 16.1. The Kier molecular flexibility index (Phi) is 5.07. The number of ether oxygens (including phenoxy) is 2. The molecule has 23 heavy (non-hydrogen) atoms. The molecule has 3 heterocycles. The monoisotopic (exact) mass is 320 g/mol. The number of rotatable bonds is 5. The molecule has 3 rings (SSSR count). The van der Waals surface area contributed by atoms with E-state index in [-0.39, 0.29) is 24.2 Å². The molecule has 2 saturated heterocycles. The molecule has 126 valence electrons. The first-order valence-electron chi connectivity index (χ1n) is 8.16. The summed E-state index contributed by atoms with van der Waals surface area (Å²) in [6, 6.07) is 1.82. The Balaban J connectivity index is 1.55. The Labute approximate surface area is 136 Å². The highest BCUT2D eigenvalue weighted by atomic mass is 16.5. The first-order chi connectivity index (χ1) is 11.2. The van der Waals surface area contributed by atoms with Crippen molar-refractivity contribution < 1.29 is 14.3 Å². The fourth-order valence-corrected chi connectivity index (χ4v) is 3.45. The summed E-state index contributed by atoms with van der Waals surface area (Å²) < 4.78 is 11.2. The molecule has 0 bridgehead atoms. The molecule has 1 N–H and O–H groups in total. The lowest BCUT2D eigenvalue weighted by molar-refractivity contribution is -0.131. The summed E-state index contributed by atoms with van der Waals surface area (Å²) in [4.78, 5) is 22.4. The summed E-state index contributed by atoms with van der Waals surface area (Å²) in [7, 11) is 1.52. The van der Waals surface area contributed by atoms with Crippen molar-refractivity contribution in [3.63, 3.8) is 0 Å². The van der Waals surface area contributed by atoms with Gasteiger partial charge in [-0.05, 0) is 31.7 Å². The topological polar surface area (TPSA) is 76.6 Å². The molecule has 2 aliphatic heterocycles. The Morgan fingerprint density at radius 2 is 2.30 bits per heavy atom. The first-order valence-corrected chi connectivity index (χ1v) is 8.16. The third-order valence-corrected chi connectivity index (χ3v) is 4.53. The van der Waals surface area contributed by atoms with E-state index in [2.05, 4.69) is 20.2 Å². The Morgan fingerprint density at radius 3 is 3.09 bits per heavy atom. The Hall–Kier alpha value is -1.73. The van der Waals surface area contributed by atoms with Crippen molar-refractivity contribution in [2.24, 2.45) is 0 Å². The molecule has 1 aromatic heterocycles. The van der Waals surface area contributed by atoms with Crippen LogP contribution >= 0.6 is 0 Å². The second-order valence-corrected chi connectivity index (χ2v) is 6.27. The zero-order valence-corrected chi connectivity index (χ0v) is 13.5. The number of amides is 1. The van der Waals surface area contributed by atoms with Gasteiger partial charge in [-0.25, -0.2) is 9.97 Å². The number of nitrogens with one attached hydrogen (secondary N) is 1. The van der Waals surface area contributed by atoms with E-state index in [0.29, 0.717) is 6.54 Å². The van der Waals surface area contributed by atoms with Crippen molar-refractivity contribution in [2.75, 3.05) is 38.3 Å². The van der Waals surface area contributed by atoms with Gasteiger partial charge in [-0.2, -0.15) is 0 Å². The number of nitrogens with zero attached hydrogens (tertiary/aromatic N) is 3. The fourth-order valence-electron chi connectivity index (χ4n) is 3.45. The molecule has 0 radical (unpaired) electrons. The van der Waals surface area contributed by atoms with E-state index in [1.165, 1.54) is 7.11 Å². The highest BCUT2D eigenvalue weighted by molar-refractivity contribution is 5.77. The van der Waals surface area contributed by atoms with E-state index in [1.807, 2.05) is 6.07 Å². The van der Waals surface area contributed by atoms with Crippen molar-refractivity contribution in [3.05, 3.63) is 18.5 Å². The zero-order chi connectivity index (χ0) is 16.1. The van der Waals surface area contributed by atoms with E-state index in [9.17, 15) is 4.79 Å². The van der Waals surface area contributed by atoms with Gasteiger partial charge in [-0.3, -0.25) is 4.79 Å². The average molecular weight is 320 g/mol. The maximum atomic E-state index is 11.5. The van der Waals surface area contributed by atoms with Crippen molar-refractivity contribution in [1.29, 1.82) is 0 Å². The molecule has 1 aromatic rings. The summed E-state index contributed by atoms with van der Waals surface area (Å²) in [5.41, 5.74) is -0.131. The molecular weight excluding hydrogens is 296 g/mol. The van der Waals surface area contributed by atoms with Crippen LogP contribution in [0.15, 0.2) is 18.5 Å². The maximum Gasteiger partial charge on any atom is 0.246 e. The van der Waals surface area contributed by atoms with Crippen molar-refractivity contribution in [1.82, 2.24) is 15.3 Å². The maximum absolute atomic E-state index is 11.5. The summed E-state index contributed by atoms with van der Waals surface area (Å²) in [5, 5.41) is 2.88. The second-order valence-electron chi connectivity index (χ2n) is 6.27. The molecule has 7 nitrogen and oxygen atoms in total. The number of carbonyl (C=O) groups excluding carboxylic acids is 1. The van der Waals surface area contributed by atoms with Gasteiger partial charge in [0, 0.05) is 39.1 Å². The van der Waals surface area contributed by atoms with Crippen LogP contribution in [0, 0.1) is 0 Å². The molecule has 2 aliphatic rings. The molecule has 7 heteroatoms. The van der Waals surface area contributed by atoms with Crippen LogP contribution in [0.5, 0.6) is 0 Å². The smallest absolute Gasteiger partial charge is 0.246 e. The molecule has 0 aromatic carbocycles. The van der Waals surface area contributed by atoms with E-state index in [0.717, 1.165) is 44.7 Å². The minimum atomic E-state index is -0.131. The van der Waals surface area contributed by atoms with Gasteiger partial charge in [0.05, 0.1) is 11.7 Å². The van der Waals surface area contributed by atoms with Gasteiger partial charge < -0.3 is 19.7 Å². The van der Waals surface area contributed by atoms with E-state index in [1.54, 1.807) is 12.4 Å². The van der Waals surface area contributed by atoms with Crippen LogP contribution in [0.4, 0.5) is 5.95 Å². The standard InChI is InChI=1S/C16H24N4O3/c1-22-11-14(21)19-10-13-4-2-5-16(23-13)6-9-20(12-16)15-17-7-3-8-18-15/h3,7-8,13H,2,4-6,9-12H2,1H3,(H,19,21)/t13-,16+/m0/s1. The van der Waals surface area contributed by atoms with Gasteiger partial charge in [-0.1, -0.05) is 0 Å². The zero-order valence-electron chi connectivity index (χ0n) is 13.5. The molecule has 0 unspecified atom stereocenters. The molecule has 2 fully saturated rings.